The van der Waals surface area contributed by atoms with Crippen LogP contribution >= 0.6 is 22.6 Å². The number of rotatable bonds is 0. The molecule has 0 aromatic heterocycles. The summed E-state index contributed by atoms with van der Waals surface area (Å²) in [5.41, 5.74) is 1.48. The van der Waals surface area contributed by atoms with Crippen LogP contribution in [0.5, 0.6) is 11.5 Å². The van der Waals surface area contributed by atoms with E-state index in [0.717, 1.165) is 11.1 Å². The lowest BCUT2D eigenvalue weighted by Crippen LogP contribution is -1.85. The van der Waals surface area contributed by atoms with Crippen molar-refractivity contribution in [1.29, 1.82) is 0 Å². The Morgan fingerprint density at radius 3 is 2.27 bits per heavy atom. The molecule has 11 heavy (non-hydrogen) atoms. The largest absolute Gasteiger partial charge is 0.508 e. The van der Waals surface area contributed by atoms with Gasteiger partial charge in [0.25, 0.3) is 0 Å². The van der Waals surface area contributed by atoms with Crippen LogP contribution < -0.4 is 0 Å². The van der Waals surface area contributed by atoms with Gasteiger partial charge in [0.15, 0.2) is 0 Å². The summed E-state index contributed by atoms with van der Waals surface area (Å²) in [7, 11) is 0. The number of hydrogen-bond donors (Lipinski definition) is 2. The molecule has 1 rings (SSSR count). The molecular formula is C8H9IO2. The van der Waals surface area contributed by atoms with Crippen LogP contribution in [-0.4, -0.2) is 10.2 Å². The predicted octanol–water partition coefficient (Wildman–Crippen LogP) is 2.32. The average Bonchev–Trinajstić information content (AvgIpc) is 1.97. The standard InChI is InChI=1S/C8H9IO2/c1-4-5(2)8(11)6(9)3-7(4)10/h3,10-11H,1-2H3. The van der Waals surface area contributed by atoms with Crippen molar-refractivity contribution in [3.05, 3.63) is 20.8 Å². The normalized spacial score (nSPS) is 10.1. The van der Waals surface area contributed by atoms with E-state index < -0.39 is 0 Å². The van der Waals surface area contributed by atoms with E-state index in [4.69, 9.17) is 0 Å². The van der Waals surface area contributed by atoms with Crippen LogP contribution in [0.15, 0.2) is 6.07 Å². The van der Waals surface area contributed by atoms with Crippen LogP contribution in [0.3, 0.4) is 0 Å². The predicted molar refractivity (Wildman–Crippen MR) is 52.0 cm³/mol. The highest BCUT2D eigenvalue weighted by molar-refractivity contribution is 14.1. The molecule has 0 saturated carbocycles. The zero-order valence-corrected chi connectivity index (χ0v) is 8.51. The lowest BCUT2D eigenvalue weighted by Gasteiger charge is -2.06. The SMILES string of the molecule is Cc1c(O)cc(I)c(O)c1C. The molecule has 1 aromatic carbocycles. The Morgan fingerprint density at radius 2 is 1.73 bits per heavy atom. The van der Waals surface area contributed by atoms with Crippen LogP contribution in [-0.2, 0) is 0 Å². The lowest BCUT2D eigenvalue weighted by molar-refractivity contribution is 0.450. The van der Waals surface area contributed by atoms with Gasteiger partial charge in [0.05, 0.1) is 3.57 Å². The Hall–Kier alpha value is -0.450. The number of hydrogen-bond acceptors (Lipinski definition) is 2. The Balaban J connectivity index is 3.46. The quantitative estimate of drug-likeness (QED) is 0.557. The van der Waals surface area contributed by atoms with E-state index in [-0.39, 0.29) is 11.5 Å². The molecule has 0 bridgehead atoms. The Labute approximate surface area is 79.0 Å². The molecule has 0 radical (unpaired) electrons. The highest BCUT2D eigenvalue weighted by Gasteiger charge is 2.08. The monoisotopic (exact) mass is 264 g/mol. The number of aromatic hydroxyl groups is 2. The average molecular weight is 264 g/mol. The van der Waals surface area contributed by atoms with Crippen molar-refractivity contribution >= 4 is 22.6 Å². The second kappa shape index (κ2) is 2.89. The first kappa shape index (κ1) is 8.64. The topological polar surface area (TPSA) is 40.5 Å². The van der Waals surface area contributed by atoms with Gasteiger partial charge in [-0.1, -0.05) is 0 Å². The fourth-order valence-corrected chi connectivity index (χ4v) is 1.54. The van der Waals surface area contributed by atoms with Gasteiger partial charge in [-0.3, -0.25) is 0 Å². The van der Waals surface area contributed by atoms with Crippen molar-refractivity contribution < 1.29 is 10.2 Å². The zero-order valence-electron chi connectivity index (χ0n) is 6.35. The minimum atomic E-state index is 0.240. The van der Waals surface area contributed by atoms with Crippen LogP contribution in [0.1, 0.15) is 11.1 Å². The molecule has 2 nitrogen and oxygen atoms in total. The second-order valence-corrected chi connectivity index (χ2v) is 3.64. The van der Waals surface area contributed by atoms with Crippen molar-refractivity contribution in [1.82, 2.24) is 0 Å². The van der Waals surface area contributed by atoms with Crippen molar-refractivity contribution in [2.24, 2.45) is 0 Å². The van der Waals surface area contributed by atoms with Gasteiger partial charge in [0.1, 0.15) is 11.5 Å². The third kappa shape index (κ3) is 1.42. The van der Waals surface area contributed by atoms with Gasteiger partial charge in [-0.25, -0.2) is 0 Å². The number of halogens is 1. The van der Waals surface area contributed by atoms with Crippen LogP contribution in [0.25, 0.3) is 0 Å². The van der Waals surface area contributed by atoms with Gasteiger partial charge in [-0.05, 0) is 53.6 Å². The number of benzene rings is 1. The highest BCUT2D eigenvalue weighted by Crippen LogP contribution is 2.32. The fraction of sp³-hybridized carbons (Fsp3) is 0.250. The summed E-state index contributed by atoms with van der Waals surface area (Å²) in [5, 5.41) is 18.7. The first-order valence-electron chi connectivity index (χ1n) is 3.21. The van der Waals surface area contributed by atoms with Gasteiger partial charge in [0, 0.05) is 0 Å². The number of phenolic OH excluding ortho intramolecular Hbond substituents is 2. The number of phenols is 2. The summed E-state index contributed by atoms with van der Waals surface area (Å²) >= 11 is 1.98. The Kier molecular flexibility index (Phi) is 2.27. The molecule has 0 aliphatic carbocycles. The summed E-state index contributed by atoms with van der Waals surface area (Å²) in [6, 6.07) is 1.55. The third-order valence-electron chi connectivity index (χ3n) is 1.79. The maximum Gasteiger partial charge on any atom is 0.132 e. The highest BCUT2D eigenvalue weighted by atomic mass is 127. The van der Waals surface area contributed by atoms with E-state index in [0.29, 0.717) is 3.57 Å². The molecule has 0 saturated heterocycles. The van der Waals surface area contributed by atoms with E-state index in [1.54, 1.807) is 19.9 Å². The molecule has 0 atom stereocenters. The van der Waals surface area contributed by atoms with Gasteiger partial charge in [-0.2, -0.15) is 0 Å². The maximum atomic E-state index is 9.39. The summed E-state index contributed by atoms with van der Waals surface area (Å²) in [6.07, 6.45) is 0. The molecule has 0 amide bonds. The smallest absolute Gasteiger partial charge is 0.132 e. The zero-order chi connectivity index (χ0) is 8.59. The second-order valence-electron chi connectivity index (χ2n) is 2.48. The van der Waals surface area contributed by atoms with E-state index >= 15 is 0 Å². The molecule has 1 aromatic rings. The lowest BCUT2D eigenvalue weighted by atomic mass is 10.1. The molecule has 0 unspecified atom stereocenters. The first-order chi connectivity index (χ1) is 5.04. The summed E-state index contributed by atoms with van der Waals surface area (Å²) in [5.74, 6) is 0.505. The summed E-state index contributed by atoms with van der Waals surface area (Å²) in [6.45, 7) is 3.56. The molecule has 0 fully saturated rings. The summed E-state index contributed by atoms with van der Waals surface area (Å²) in [4.78, 5) is 0. The van der Waals surface area contributed by atoms with E-state index in [1.807, 2.05) is 22.6 Å². The van der Waals surface area contributed by atoms with Gasteiger partial charge in [-0.15, -0.1) is 0 Å². The van der Waals surface area contributed by atoms with E-state index in [9.17, 15) is 10.2 Å². The fourth-order valence-electron chi connectivity index (χ4n) is 0.845. The molecular weight excluding hydrogens is 255 g/mol. The summed E-state index contributed by atoms with van der Waals surface area (Å²) < 4.78 is 0.684. The molecule has 60 valence electrons. The van der Waals surface area contributed by atoms with Crippen molar-refractivity contribution in [2.45, 2.75) is 13.8 Å². The molecule has 0 aliphatic heterocycles. The maximum absolute atomic E-state index is 9.39. The minimum Gasteiger partial charge on any atom is -0.508 e. The first-order valence-corrected chi connectivity index (χ1v) is 4.29. The van der Waals surface area contributed by atoms with Crippen molar-refractivity contribution in [3.8, 4) is 11.5 Å². The molecule has 2 N–H and O–H groups in total. The van der Waals surface area contributed by atoms with Crippen LogP contribution in [0.4, 0.5) is 0 Å². The minimum absolute atomic E-state index is 0.240. The third-order valence-corrected chi connectivity index (χ3v) is 2.61. The van der Waals surface area contributed by atoms with Gasteiger partial charge < -0.3 is 10.2 Å². The van der Waals surface area contributed by atoms with E-state index in [1.165, 1.54) is 0 Å². The van der Waals surface area contributed by atoms with Crippen LogP contribution in [0, 0.1) is 17.4 Å². The van der Waals surface area contributed by atoms with Gasteiger partial charge >= 0.3 is 0 Å². The molecule has 0 aliphatic rings. The molecule has 3 heteroatoms. The van der Waals surface area contributed by atoms with E-state index in [2.05, 4.69) is 0 Å². The van der Waals surface area contributed by atoms with Crippen molar-refractivity contribution in [3.63, 3.8) is 0 Å². The Morgan fingerprint density at radius 1 is 1.18 bits per heavy atom. The van der Waals surface area contributed by atoms with Gasteiger partial charge in [0.2, 0.25) is 0 Å². The van der Waals surface area contributed by atoms with Crippen molar-refractivity contribution in [2.75, 3.05) is 0 Å². The Bertz CT molecular complexity index is 268. The van der Waals surface area contributed by atoms with Crippen LogP contribution in [0.2, 0.25) is 0 Å². The molecule has 0 spiro atoms. The molecule has 0 heterocycles.